The van der Waals surface area contributed by atoms with E-state index in [4.69, 9.17) is 0 Å². The minimum Gasteiger partial charge on any atom is -0.310 e. The SMILES string of the molecule is CC1(C)CSCC(NC2CCC2)C1. The summed E-state index contributed by atoms with van der Waals surface area (Å²) in [5.41, 5.74) is 0.560. The van der Waals surface area contributed by atoms with E-state index in [1.807, 2.05) is 0 Å². The van der Waals surface area contributed by atoms with Crippen molar-refractivity contribution in [3.8, 4) is 0 Å². The van der Waals surface area contributed by atoms with Crippen LogP contribution in [0.2, 0.25) is 0 Å². The molecule has 0 aromatic carbocycles. The van der Waals surface area contributed by atoms with Gasteiger partial charge >= 0.3 is 0 Å². The maximum Gasteiger partial charge on any atom is 0.0166 e. The average molecular weight is 199 g/mol. The van der Waals surface area contributed by atoms with Gasteiger partial charge in [-0.15, -0.1) is 0 Å². The van der Waals surface area contributed by atoms with Gasteiger partial charge in [0.2, 0.25) is 0 Å². The van der Waals surface area contributed by atoms with Crippen LogP contribution in [0.5, 0.6) is 0 Å². The molecule has 1 aliphatic carbocycles. The zero-order valence-electron chi connectivity index (χ0n) is 8.81. The van der Waals surface area contributed by atoms with Crippen molar-refractivity contribution >= 4 is 11.8 Å². The second-order valence-electron chi connectivity index (χ2n) is 5.37. The molecule has 2 rings (SSSR count). The van der Waals surface area contributed by atoms with Gasteiger partial charge in [0.05, 0.1) is 0 Å². The van der Waals surface area contributed by atoms with Crippen molar-refractivity contribution in [1.29, 1.82) is 0 Å². The fourth-order valence-electron chi connectivity index (χ4n) is 2.28. The van der Waals surface area contributed by atoms with E-state index in [1.165, 1.54) is 37.2 Å². The number of thioether (sulfide) groups is 1. The molecule has 0 spiro atoms. The fourth-order valence-corrected chi connectivity index (χ4v) is 3.56. The Morgan fingerprint density at radius 3 is 2.54 bits per heavy atom. The molecule has 2 aliphatic rings. The lowest BCUT2D eigenvalue weighted by Crippen LogP contribution is -2.47. The minimum atomic E-state index is 0.560. The topological polar surface area (TPSA) is 12.0 Å². The van der Waals surface area contributed by atoms with Crippen LogP contribution in [0.3, 0.4) is 0 Å². The van der Waals surface area contributed by atoms with Gasteiger partial charge in [0.15, 0.2) is 0 Å². The fraction of sp³-hybridized carbons (Fsp3) is 1.00. The Morgan fingerprint density at radius 1 is 1.23 bits per heavy atom. The molecule has 2 heteroatoms. The molecule has 0 aromatic heterocycles. The molecule has 1 nitrogen and oxygen atoms in total. The Morgan fingerprint density at radius 2 is 2.00 bits per heavy atom. The molecule has 0 aromatic rings. The molecule has 1 saturated heterocycles. The number of nitrogens with one attached hydrogen (secondary N) is 1. The summed E-state index contributed by atoms with van der Waals surface area (Å²) in [6.07, 6.45) is 5.65. The van der Waals surface area contributed by atoms with Crippen LogP contribution in [-0.2, 0) is 0 Å². The predicted octanol–water partition coefficient (Wildman–Crippen LogP) is 2.66. The van der Waals surface area contributed by atoms with E-state index in [1.54, 1.807) is 0 Å². The molecule has 1 aliphatic heterocycles. The summed E-state index contributed by atoms with van der Waals surface area (Å²) in [5, 5.41) is 3.79. The first-order valence-corrected chi connectivity index (χ1v) is 6.65. The van der Waals surface area contributed by atoms with Crippen LogP contribution in [0.1, 0.15) is 39.5 Å². The molecule has 0 bridgehead atoms. The third kappa shape index (κ3) is 2.63. The van der Waals surface area contributed by atoms with Gasteiger partial charge in [0.25, 0.3) is 0 Å². The molecule has 0 radical (unpaired) electrons. The van der Waals surface area contributed by atoms with Gasteiger partial charge in [-0.2, -0.15) is 11.8 Å². The zero-order chi connectivity index (χ0) is 9.31. The van der Waals surface area contributed by atoms with Gasteiger partial charge in [-0.1, -0.05) is 20.3 Å². The van der Waals surface area contributed by atoms with Crippen LogP contribution in [0.4, 0.5) is 0 Å². The average Bonchev–Trinajstić information content (AvgIpc) is 1.95. The van der Waals surface area contributed by atoms with Crippen molar-refractivity contribution in [2.24, 2.45) is 5.41 Å². The first-order chi connectivity index (χ1) is 6.16. The van der Waals surface area contributed by atoms with E-state index < -0.39 is 0 Å². The third-order valence-corrected chi connectivity index (χ3v) is 4.81. The summed E-state index contributed by atoms with van der Waals surface area (Å²) < 4.78 is 0. The van der Waals surface area contributed by atoms with E-state index in [0.29, 0.717) is 5.41 Å². The van der Waals surface area contributed by atoms with Crippen LogP contribution < -0.4 is 5.32 Å². The van der Waals surface area contributed by atoms with E-state index in [0.717, 1.165) is 12.1 Å². The van der Waals surface area contributed by atoms with Gasteiger partial charge in [-0.3, -0.25) is 0 Å². The lowest BCUT2D eigenvalue weighted by molar-refractivity contribution is 0.256. The van der Waals surface area contributed by atoms with Gasteiger partial charge in [-0.05, 0) is 30.4 Å². The molecular weight excluding hydrogens is 178 g/mol. The predicted molar refractivity (Wildman–Crippen MR) is 60.3 cm³/mol. The molecule has 0 amide bonds. The Hall–Kier alpha value is 0.310. The molecule has 1 saturated carbocycles. The number of hydrogen-bond donors (Lipinski definition) is 1. The first kappa shape index (κ1) is 9.85. The van der Waals surface area contributed by atoms with Crippen LogP contribution >= 0.6 is 11.8 Å². The first-order valence-electron chi connectivity index (χ1n) is 5.49. The van der Waals surface area contributed by atoms with Crippen LogP contribution in [0.15, 0.2) is 0 Å². The number of rotatable bonds is 2. The maximum absolute atomic E-state index is 3.79. The molecule has 13 heavy (non-hydrogen) atoms. The summed E-state index contributed by atoms with van der Waals surface area (Å²) in [7, 11) is 0. The van der Waals surface area contributed by atoms with Crippen LogP contribution in [0, 0.1) is 5.41 Å². The summed E-state index contributed by atoms with van der Waals surface area (Å²) in [6.45, 7) is 4.79. The van der Waals surface area contributed by atoms with Crippen LogP contribution in [0.25, 0.3) is 0 Å². The lowest BCUT2D eigenvalue weighted by atomic mass is 9.86. The molecule has 1 heterocycles. The van der Waals surface area contributed by atoms with E-state index in [-0.39, 0.29) is 0 Å². The Balaban J connectivity index is 1.78. The van der Waals surface area contributed by atoms with Crippen LogP contribution in [-0.4, -0.2) is 23.6 Å². The van der Waals surface area contributed by atoms with Crippen molar-refractivity contribution in [3.63, 3.8) is 0 Å². The monoisotopic (exact) mass is 199 g/mol. The zero-order valence-corrected chi connectivity index (χ0v) is 9.62. The highest BCUT2D eigenvalue weighted by Crippen LogP contribution is 2.34. The molecule has 1 unspecified atom stereocenters. The summed E-state index contributed by atoms with van der Waals surface area (Å²) >= 11 is 2.12. The molecular formula is C11H21NS. The Kier molecular flexibility index (Phi) is 2.89. The van der Waals surface area contributed by atoms with E-state index in [2.05, 4.69) is 30.9 Å². The quantitative estimate of drug-likeness (QED) is 0.734. The molecule has 1 N–H and O–H groups in total. The second-order valence-corrected chi connectivity index (χ2v) is 6.41. The van der Waals surface area contributed by atoms with Crippen molar-refractivity contribution in [2.45, 2.75) is 51.6 Å². The highest BCUT2D eigenvalue weighted by atomic mass is 32.2. The maximum atomic E-state index is 3.79. The standard InChI is InChI=1S/C11H21NS/c1-11(2)6-10(7-13-8-11)12-9-4-3-5-9/h9-10,12H,3-8H2,1-2H3. The summed E-state index contributed by atoms with van der Waals surface area (Å²) in [4.78, 5) is 0. The Bertz CT molecular complexity index is 175. The normalized spacial score (nSPS) is 34.2. The minimum absolute atomic E-state index is 0.560. The molecule has 2 fully saturated rings. The van der Waals surface area contributed by atoms with Gasteiger partial charge < -0.3 is 5.32 Å². The lowest BCUT2D eigenvalue weighted by Gasteiger charge is -2.39. The highest BCUT2D eigenvalue weighted by molar-refractivity contribution is 7.99. The van der Waals surface area contributed by atoms with Gasteiger partial charge in [-0.25, -0.2) is 0 Å². The van der Waals surface area contributed by atoms with Crippen molar-refractivity contribution < 1.29 is 0 Å². The van der Waals surface area contributed by atoms with E-state index >= 15 is 0 Å². The highest BCUT2D eigenvalue weighted by Gasteiger charge is 2.30. The molecule has 76 valence electrons. The van der Waals surface area contributed by atoms with E-state index in [9.17, 15) is 0 Å². The van der Waals surface area contributed by atoms with Crippen molar-refractivity contribution in [2.75, 3.05) is 11.5 Å². The summed E-state index contributed by atoms with van der Waals surface area (Å²) in [5.74, 6) is 2.68. The Labute approximate surface area is 86.0 Å². The smallest absolute Gasteiger partial charge is 0.0166 e. The van der Waals surface area contributed by atoms with Crippen molar-refractivity contribution in [1.82, 2.24) is 5.32 Å². The second kappa shape index (κ2) is 3.82. The van der Waals surface area contributed by atoms with Crippen molar-refractivity contribution in [3.05, 3.63) is 0 Å². The van der Waals surface area contributed by atoms with Gasteiger partial charge in [0, 0.05) is 17.8 Å². The van der Waals surface area contributed by atoms with Gasteiger partial charge in [0.1, 0.15) is 0 Å². The molecule has 1 atom stereocenters. The third-order valence-electron chi connectivity index (χ3n) is 3.19. The number of hydrogen-bond acceptors (Lipinski definition) is 2. The summed E-state index contributed by atoms with van der Waals surface area (Å²) in [6, 6.07) is 1.65. The largest absolute Gasteiger partial charge is 0.310 e.